The van der Waals surface area contributed by atoms with Crippen molar-refractivity contribution in [3.05, 3.63) is 23.5 Å². The number of carbonyl (C=O) groups is 2. The maximum absolute atomic E-state index is 11.7. The van der Waals surface area contributed by atoms with Crippen molar-refractivity contribution in [3.8, 4) is 0 Å². The van der Waals surface area contributed by atoms with Crippen LogP contribution in [-0.2, 0) is 16.6 Å². The molecule has 0 fully saturated rings. The van der Waals surface area contributed by atoms with Crippen molar-refractivity contribution >= 4 is 11.9 Å². The molecule has 0 saturated heterocycles. The van der Waals surface area contributed by atoms with Crippen LogP contribution in [0.4, 0.5) is 0 Å². The number of hydrogen-bond donors (Lipinski definition) is 1. The Morgan fingerprint density at radius 3 is 2.63 bits per heavy atom. The first kappa shape index (κ1) is 15.3. The average Bonchev–Trinajstić information content (AvgIpc) is 2.72. The molecule has 0 radical (unpaired) electrons. The number of ether oxygens (including phenoxy) is 1. The van der Waals surface area contributed by atoms with Gasteiger partial charge in [0.15, 0.2) is 6.61 Å². The van der Waals surface area contributed by atoms with Crippen molar-refractivity contribution in [1.29, 1.82) is 0 Å². The van der Waals surface area contributed by atoms with Gasteiger partial charge in [0.25, 0.3) is 5.91 Å². The van der Waals surface area contributed by atoms with E-state index in [2.05, 4.69) is 12.2 Å². The van der Waals surface area contributed by atoms with Gasteiger partial charge < -0.3 is 14.6 Å². The smallest absolute Gasteiger partial charge is 0.355 e. The van der Waals surface area contributed by atoms with E-state index in [1.807, 2.05) is 13.0 Å². The normalized spacial score (nSPS) is 10.3. The predicted octanol–water partition coefficient (Wildman–Crippen LogP) is 1.80. The van der Waals surface area contributed by atoms with Crippen molar-refractivity contribution in [3.63, 3.8) is 0 Å². The minimum atomic E-state index is -0.473. The lowest BCUT2D eigenvalue weighted by molar-refractivity contribution is -0.124. The van der Waals surface area contributed by atoms with Crippen molar-refractivity contribution < 1.29 is 14.3 Å². The summed E-state index contributed by atoms with van der Waals surface area (Å²) in [6.07, 6.45) is 3.15. The largest absolute Gasteiger partial charge is 0.451 e. The summed E-state index contributed by atoms with van der Waals surface area (Å²) in [5, 5.41) is 2.72. The van der Waals surface area contributed by atoms with E-state index in [0.29, 0.717) is 12.2 Å². The van der Waals surface area contributed by atoms with Gasteiger partial charge in [-0.05, 0) is 25.5 Å². The van der Waals surface area contributed by atoms with E-state index in [4.69, 9.17) is 4.74 Å². The van der Waals surface area contributed by atoms with E-state index in [0.717, 1.165) is 25.0 Å². The first-order valence-corrected chi connectivity index (χ1v) is 6.62. The number of esters is 1. The van der Waals surface area contributed by atoms with Crippen LogP contribution in [0.2, 0.25) is 0 Å². The standard InChI is InChI=1S/C14H22N2O3/c1-4-5-6-9-15-13(17)10-19-14(18)12-8-7-11(2)16(12)3/h7-8H,4-6,9-10H2,1-3H3,(H,15,17). The Balaban J connectivity index is 2.30. The van der Waals surface area contributed by atoms with Crippen molar-refractivity contribution in [2.75, 3.05) is 13.2 Å². The fourth-order valence-electron chi connectivity index (χ4n) is 1.68. The van der Waals surface area contributed by atoms with E-state index in [-0.39, 0.29) is 12.5 Å². The Morgan fingerprint density at radius 2 is 2.05 bits per heavy atom. The van der Waals surface area contributed by atoms with Gasteiger partial charge in [0, 0.05) is 19.3 Å². The lowest BCUT2D eigenvalue weighted by Crippen LogP contribution is -2.29. The van der Waals surface area contributed by atoms with Gasteiger partial charge in [0.2, 0.25) is 0 Å². The van der Waals surface area contributed by atoms with Crippen LogP contribution in [0.1, 0.15) is 42.4 Å². The summed E-state index contributed by atoms with van der Waals surface area (Å²) < 4.78 is 6.71. The van der Waals surface area contributed by atoms with Gasteiger partial charge in [-0.2, -0.15) is 0 Å². The molecular formula is C14H22N2O3. The molecular weight excluding hydrogens is 244 g/mol. The molecule has 5 nitrogen and oxygen atoms in total. The van der Waals surface area contributed by atoms with E-state index in [1.165, 1.54) is 0 Å². The number of aromatic nitrogens is 1. The molecule has 0 aliphatic carbocycles. The number of nitrogens with one attached hydrogen (secondary N) is 1. The van der Waals surface area contributed by atoms with E-state index >= 15 is 0 Å². The van der Waals surface area contributed by atoms with Gasteiger partial charge in [0.1, 0.15) is 5.69 Å². The van der Waals surface area contributed by atoms with Gasteiger partial charge >= 0.3 is 5.97 Å². The van der Waals surface area contributed by atoms with Crippen LogP contribution >= 0.6 is 0 Å². The summed E-state index contributed by atoms with van der Waals surface area (Å²) in [5.74, 6) is -0.727. The molecule has 5 heteroatoms. The molecule has 1 N–H and O–H groups in total. The van der Waals surface area contributed by atoms with E-state index in [9.17, 15) is 9.59 Å². The first-order chi connectivity index (χ1) is 9.06. The molecule has 0 aromatic carbocycles. The van der Waals surface area contributed by atoms with Crippen LogP contribution in [0.25, 0.3) is 0 Å². The third-order valence-electron chi connectivity index (χ3n) is 3.02. The molecule has 1 heterocycles. The Labute approximate surface area is 113 Å². The maximum atomic E-state index is 11.7. The number of rotatable bonds is 7. The highest BCUT2D eigenvalue weighted by atomic mass is 16.5. The second-order valence-corrected chi connectivity index (χ2v) is 4.55. The highest BCUT2D eigenvalue weighted by molar-refractivity contribution is 5.90. The maximum Gasteiger partial charge on any atom is 0.355 e. The second-order valence-electron chi connectivity index (χ2n) is 4.55. The third kappa shape index (κ3) is 4.77. The highest BCUT2D eigenvalue weighted by Gasteiger charge is 2.13. The van der Waals surface area contributed by atoms with Gasteiger partial charge in [-0.25, -0.2) is 4.79 Å². The predicted molar refractivity (Wildman–Crippen MR) is 73.0 cm³/mol. The van der Waals surface area contributed by atoms with Crippen molar-refractivity contribution in [2.24, 2.45) is 7.05 Å². The minimum absolute atomic E-state index is 0.227. The lowest BCUT2D eigenvalue weighted by Gasteiger charge is -2.07. The van der Waals surface area contributed by atoms with Crippen LogP contribution in [0.15, 0.2) is 12.1 Å². The summed E-state index contributed by atoms with van der Waals surface area (Å²) in [6.45, 7) is 4.41. The van der Waals surface area contributed by atoms with Gasteiger partial charge in [-0.15, -0.1) is 0 Å². The Kier molecular flexibility index (Phi) is 6.12. The van der Waals surface area contributed by atoms with Crippen LogP contribution in [-0.4, -0.2) is 29.6 Å². The van der Waals surface area contributed by atoms with Crippen LogP contribution in [0.3, 0.4) is 0 Å². The zero-order chi connectivity index (χ0) is 14.3. The Morgan fingerprint density at radius 1 is 1.32 bits per heavy atom. The number of hydrogen-bond acceptors (Lipinski definition) is 3. The van der Waals surface area contributed by atoms with Crippen LogP contribution in [0.5, 0.6) is 0 Å². The Bertz CT molecular complexity index is 438. The molecule has 0 bridgehead atoms. The third-order valence-corrected chi connectivity index (χ3v) is 3.02. The molecule has 1 aromatic heterocycles. The summed E-state index contributed by atoms with van der Waals surface area (Å²) in [4.78, 5) is 23.2. The number of amides is 1. The summed E-state index contributed by atoms with van der Waals surface area (Å²) in [5.41, 5.74) is 1.42. The lowest BCUT2D eigenvalue weighted by atomic mass is 10.2. The number of carbonyl (C=O) groups excluding carboxylic acids is 2. The van der Waals surface area contributed by atoms with E-state index in [1.54, 1.807) is 17.7 Å². The zero-order valence-corrected chi connectivity index (χ0v) is 11.9. The molecule has 19 heavy (non-hydrogen) atoms. The van der Waals surface area contributed by atoms with Crippen molar-refractivity contribution in [2.45, 2.75) is 33.1 Å². The monoisotopic (exact) mass is 266 g/mol. The van der Waals surface area contributed by atoms with Crippen LogP contribution in [0, 0.1) is 6.92 Å². The first-order valence-electron chi connectivity index (χ1n) is 6.62. The average molecular weight is 266 g/mol. The summed E-state index contributed by atoms with van der Waals surface area (Å²) >= 11 is 0. The molecule has 106 valence electrons. The topological polar surface area (TPSA) is 60.3 Å². The highest BCUT2D eigenvalue weighted by Crippen LogP contribution is 2.07. The van der Waals surface area contributed by atoms with E-state index < -0.39 is 5.97 Å². The fourth-order valence-corrected chi connectivity index (χ4v) is 1.68. The molecule has 1 rings (SSSR count). The molecule has 0 aliphatic heterocycles. The molecule has 0 aliphatic rings. The van der Waals surface area contributed by atoms with Crippen molar-refractivity contribution in [1.82, 2.24) is 9.88 Å². The van der Waals surface area contributed by atoms with Gasteiger partial charge in [0.05, 0.1) is 0 Å². The SMILES string of the molecule is CCCCCNC(=O)COC(=O)c1ccc(C)n1C. The fraction of sp³-hybridized carbons (Fsp3) is 0.571. The second kappa shape index (κ2) is 7.61. The Hall–Kier alpha value is -1.78. The van der Waals surface area contributed by atoms with Gasteiger partial charge in [-0.1, -0.05) is 19.8 Å². The zero-order valence-electron chi connectivity index (χ0n) is 11.9. The van der Waals surface area contributed by atoms with Crippen LogP contribution < -0.4 is 5.32 Å². The van der Waals surface area contributed by atoms with Gasteiger partial charge in [-0.3, -0.25) is 4.79 Å². The summed E-state index contributed by atoms with van der Waals surface area (Å²) in [6, 6.07) is 3.53. The molecule has 0 spiro atoms. The molecule has 1 amide bonds. The molecule has 0 saturated carbocycles. The number of aryl methyl sites for hydroxylation is 1. The minimum Gasteiger partial charge on any atom is -0.451 e. The quantitative estimate of drug-likeness (QED) is 0.604. The molecule has 0 unspecified atom stereocenters. The molecule has 0 atom stereocenters. The molecule has 1 aromatic rings. The summed E-state index contributed by atoms with van der Waals surface area (Å²) in [7, 11) is 1.79. The number of unbranched alkanes of at least 4 members (excludes halogenated alkanes) is 2. The number of nitrogens with zero attached hydrogens (tertiary/aromatic N) is 1.